The number of likely N-dealkylation sites (tertiary alicyclic amines) is 1. The highest BCUT2D eigenvalue weighted by molar-refractivity contribution is 4.96. The second-order valence-corrected chi connectivity index (χ2v) is 6.67. The van der Waals surface area contributed by atoms with E-state index in [1.54, 1.807) is 0 Å². The van der Waals surface area contributed by atoms with Crippen LogP contribution < -0.4 is 5.32 Å². The van der Waals surface area contributed by atoms with Crippen molar-refractivity contribution in [2.75, 3.05) is 40.8 Å². The number of likely N-dealkylation sites (N-methyl/N-ethyl adjacent to an activating group) is 1. The summed E-state index contributed by atoms with van der Waals surface area (Å²) in [6, 6.07) is 1.42. The van der Waals surface area contributed by atoms with Gasteiger partial charge in [-0.15, -0.1) is 0 Å². The lowest BCUT2D eigenvalue weighted by molar-refractivity contribution is 0.0407. The topological polar surface area (TPSA) is 38.7 Å². The van der Waals surface area contributed by atoms with Crippen LogP contribution in [0, 0.1) is 0 Å². The Bertz CT molecular complexity index is 271. The molecule has 112 valence electrons. The number of hydrogen-bond acceptors (Lipinski definition) is 4. The normalized spacial score (nSPS) is 34.9. The molecule has 0 radical (unpaired) electrons. The minimum Gasteiger partial charge on any atom is -0.394 e. The Morgan fingerprint density at radius 2 is 1.95 bits per heavy atom. The van der Waals surface area contributed by atoms with Gasteiger partial charge < -0.3 is 20.2 Å². The molecule has 2 aliphatic rings. The quantitative estimate of drug-likeness (QED) is 0.795. The summed E-state index contributed by atoms with van der Waals surface area (Å²) in [7, 11) is 6.38. The third-order valence-corrected chi connectivity index (χ3v) is 5.40. The molecular weight excluding hydrogens is 238 g/mol. The number of hydrogen-bond donors (Lipinski definition) is 2. The predicted molar refractivity (Wildman–Crippen MR) is 79.4 cm³/mol. The Morgan fingerprint density at radius 3 is 2.47 bits per heavy atom. The van der Waals surface area contributed by atoms with Gasteiger partial charge >= 0.3 is 0 Å². The fourth-order valence-corrected chi connectivity index (χ4v) is 3.86. The Labute approximate surface area is 118 Å². The van der Waals surface area contributed by atoms with Gasteiger partial charge in [0.25, 0.3) is 0 Å². The predicted octanol–water partition coefficient (Wildman–Crippen LogP) is 0.905. The average molecular weight is 269 g/mol. The number of rotatable bonds is 4. The maximum Gasteiger partial charge on any atom is 0.0613 e. The molecule has 1 aliphatic carbocycles. The van der Waals surface area contributed by atoms with Crippen molar-refractivity contribution in [2.24, 2.45) is 0 Å². The zero-order chi connectivity index (χ0) is 13.9. The maximum absolute atomic E-state index is 9.68. The largest absolute Gasteiger partial charge is 0.394 e. The average Bonchev–Trinajstić information content (AvgIpc) is 2.47. The van der Waals surface area contributed by atoms with Crippen molar-refractivity contribution in [2.45, 2.75) is 56.1 Å². The SMILES string of the molecule is CNC1(CO)CCCC(N2CCC(N(C)C)CC2)C1. The van der Waals surface area contributed by atoms with E-state index < -0.39 is 0 Å². The van der Waals surface area contributed by atoms with Crippen LogP contribution in [0.4, 0.5) is 0 Å². The van der Waals surface area contributed by atoms with E-state index in [0.29, 0.717) is 6.04 Å². The summed E-state index contributed by atoms with van der Waals surface area (Å²) in [6.07, 6.45) is 7.33. The highest BCUT2D eigenvalue weighted by Gasteiger charge is 2.37. The molecule has 0 aromatic carbocycles. The highest BCUT2D eigenvalue weighted by atomic mass is 16.3. The molecule has 19 heavy (non-hydrogen) atoms. The van der Waals surface area contributed by atoms with Crippen molar-refractivity contribution >= 4 is 0 Å². The van der Waals surface area contributed by atoms with E-state index in [0.717, 1.165) is 18.9 Å². The first-order valence-corrected chi connectivity index (χ1v) is 7.80. The molecule has 2 rings (SSSR count). The van der Waals surface area contributed by atoms with Crippen LogP contribution in [-0.2, 0) is 0 Å². The molecule has 1 saturated carbocycles. The van der Waals surface area contributed by atoms with E-state index in [1.807, 2.05) is 7.05 Å². The van der Waals surface area contributed by atoms with Crippen molar-refractivity contribution in [1.29, 1.82) is 0 Å². The van der Waals surface area contributed by atoms with E-state index in [1.165, 1.54) is 38.8 Å². The summed E-state index contributed by atoms with van der Waals surface area (Å²) in [5, 5.41) is 13.1. The van der Waals surface area contributed by atoms with E-state index in [-0.39, 0.29) is 12.1 Å². The van der Waals surface area contributed by atoms with Gasteiger partial charge in [-0.2, -0.15) is 0 Å². The lowest BCUT2D eigenvalue weighted by Gasteiger charge is -2.46. The lowest BCUT2D eigenvalue weighted by Crippen LogP contribution is -2.56. The zero-order valence-corrected chi connectivity index (χ0v) is 12.9. The Hall–Kier alpha value is -0.160. The maximum atomic E-state index is 9.68. The molecule has 0 spiro atoms. The van der Waals surface area contributed by atoms with Crippen LogP contribution in [-0.4, -0.2) is 73.4 Å². The number of aliphatic hydroxyl groups is 1. The molecule has 4 nitrogen and oxygen atoms in total. The summed E-state index contributed by atoms with van der Waals surface area (Å²) >= 11 is 0. The number of nitrogens with one attached hydrogen (secondary N) is 1. The Kier molecular flexibility index (Phi) is 5.23. The summed E-state index contributed by atoms with van der Waals surface area (Å²) in [5.74, 6) is 0. The molecule has 2 fully saturated rings. The molecule has 4 heteroatoms. The van der Waals surface area contributed by atoms with E-state index in [2.05, 4.69) is 29.2 Å². The first-order chi connectivity index (χ1) is 9.10. The molecule has 2 unspecified atom stereocenters. The third-order valence-electron chi connectivity index (χ3n) is 5.40. The smallest absolute Gasteiger partial charge is 0.0613 e. The van der Waals surface area contributed by atoms with Gasteiger partial charge in [0.05, 0.1) is 6.61 Å². The Morgan fingerprint density at radius 1 is 1.26 bits per heavy atom. The molecule has 0 aromatic rings. The molecule has 1 saturated heterocycles. The summed E-state index contributed by atoms with van der Waals surface area (Å²) in [5.41, 5.74) is -0.0265. The molecule has 2 N–H and O–H groups in total. The molecule has 1 heterocycles. The van der Waals surface area contributed by atoms with Gasteiger partial charge in [-0.3, -0.25) is 0 Å². The number of piperidine rings is 1. The van der Waals surface area contributed by atoms with Crippen molar-refractivity contribution in [3.63, 3.8) is 0 Å². The monoisotopic (exact) mass is 269 g/mol. The molecule has 1 aliphatic heterocycles. The van der Waals surface area contributed by atoms with Gasteiger partial charge in [0.1, 0.15) is 0 Å². The van der Waals surface area contributed by atoms with Crippen molar-refractivity contribution in [1.82, 2.24) is 15.1 Å². The van der Waals surface area contributed by atoms with Crippen LogP contribution in [0.15, 0.2) is 0 Å². The number of aliphatic hydroxyl groups excluding tert-OH is 1. The number of nitrogens with zero attached hydrogens (tertiary/aromatic N) is 2. The van der Waals surface area contributed by atoms with Crippen LogP contribution >= 0.6 is 0 Å². The first kappa shape index (κ1) is 15.2. The molecule has 2 atom stereocenters. The second-order valence-electron chi connectivity index (χ2n) is 6.67. The van der Waals surface area contributed by atoms with Crippen LogP contribution in [0.3, 0.4) is 0 Å². The summed E-state index contributed by atoms with van der Waals surface area (Å²) < 4.78 is 0. The molecule has 0 aromatic heterocycles. The third kappa shape index (κ3) is 3.48. The van der Waals surface area contributed by atoms with E-state index in [9.17, 15) is 5.11 Å². The van der Waals surface area contributed by atoms with E-state index >= 15 is 0 Å². The summed E-state index contributed by atoms with van der Waals surface area (Å²) in [4.78, 5) is 5.03. The Balaban J connectivity index is 1.89. The second kappa shape index (κ2) is 6.53. The lowest BCUT2D eigenvalue weighted by atomic mass is 9.78. The summed E-state index contributed by atoms with van der Waals surface area (Å²) in [6.45, 7) is 2.71. The fraction of sp³-hybridized carbons (Fsp3) is 1.00. The van der Waals surface area contributed by atoms with E-state index in [4.69, 9.17) is 0 Å². The van der Waals surface area contributed by atoms with Gasteiger partial charge in [0, 0.05) is 17.6 Å². The minimum absolute atomic E-state index is 0.0265. The van der Waals surface area contributed by atoms with Crippen LogP contribution in [0.5, 0.6) is 0 Å². The van der Waals surface area contributed by atoms with Gasteiger partial charge in [-0.25, -0.2) is 0 Å². The van der Waals surface area contributed by atoms with Crippen LogP contribution in [0.1, 0.15) is 38.5 Å². The molecule has 0 amide bonds. The standard InChI is InChI=1S/C15H31N3O/c1-16-15(12-19)8-4-5-14(11-15)18-9-6-13(7-10-18)17(2)3/h13-14,16,19H,4-12H2,1-3H3. The van der Waals surface area contributed by atoms with Crippen LogP contribution in [0.2, 0.25) is 0 Å². The van der Waals surface area contributed by atoms with Crippen molar-refractivity contribution < 1.29 is 5.11 Å². The van der Waals surface area contributed by atoms with Gasteiger partial charge in [0.15, 0.2) is 0 Å². The van der Waals surface area contributed by atoms with Gasteiger partial charge in [-0.05, 0) is 72.8 Å². The minimum atomic E-state index is -0.0265. The molecular formula is C15H31N3O. The fourth-order valence-electron chi connectivity index (χ4n) is 3.86. The molecule has 0 bridgehead atoms. The highest BCUT2D eigenvalue weighted by Crippen LogP contribution is 2.32. The zero-order valence-electron chi connectivity index (χ0n) is 12.9. The van der Waals surface area contributed by atoms with Crippen LogP contribution in [0.25, 0.3) is 0 Å². The first-order valence-electron chi connectivity index (χ1n) is 7.80. The van der Waals surface area contributed by atoms with Gasteiger partial charge in [-0.1, -0.05) is 0 Å². The van der Waals surface area contributed by atoms with Crippen molar-refractivity contribution in [3.8, 4) is 0 Å². The van der Waals surface area contributed by atoms with Gasteiger partial charge in [0.2, 0.25) is 0 Å². The van der Waals surface area contributed by atoms with Crippen molar-refractivity contribution in [3.05, 3.63) is 0 Å².